The van der Waals surface area contributed by atoms with E-state index in [1.807, 2.05) is 38.1 Å². The normalized spacial score (nSPS) is 12.2. The molecule has 0 aliphatic rings. The van der Waals surface area contributed by atoms with Gasteiger partial charge in [0.1, 0.15) is 11.9 Å². The molecule has 1 N–H and O–H groups in total. The number of amides is 1. The lowest BCUT2D eigenvalue weighted by atomic mass is 10.1. The molecule has 1 aromatic carbocycles. The van der Waals surface area contributed by atoms with Crippen LogP contribution in [0.25, 0.3) is 10.9 Å². The van der Waals surface area contributed by atoms with Crippen LogP contribution in [-0.4, -0.2) is 35.9 Å². The molecule has 0 aliphatic carbocycles. The highest BCUT2D eigenvalue weighted by atomic mass is 16.2. The molecule has 4 heteroatoms. The number of anilines is 1. The van der Waals surface area contributed by atoms with E-state index in [1.54, 1.807) is 19.0 Å². The zero-order valence-electron chi connectivity index (χ0n) is 11.8. The van der Waals surface area contributed by atoms with Crippen LogP contribution in [0.5, 0.6) is 0 Å². The van der Waals surface area contributed by atoms with Gasteiger partial charge in [0.2, 0.25) is 5.91 Å². The first-order valence-corrected chi connectivity index (χ1v) is 6.33. The van der Waals surface area contributed by atoms with E-state index in [-0.39, 0.29) is 11.9 Å². The Kier molecular flexibility index (Phi) is 3.69. The van der Waals surface area contributed by atoms with Gasteiger partial charge in [0.05, 0.1) is 5.52 Å². The van der Waals surface area contributed by atoms with Gasteiger partial charge in [0.25, 0.3) is 0 Å². The molecule has 0 fully saturated rings. The highest BCUT2D eigenvalue weighted by Crippen LogP contribution is 2.20. The van der Waals surface area contributed by atoms with E-state index in [2.05, 4.69) is 16.4 Å². The maximum Gasteiger partial charge on any atom is 0.244 e. The molecule has 0 saturated carbocycles. The monoisotopic (exact) mass is 257 g/mol. The van der Waals surface area contributed by atoms with Gasteiger partial charge in [-0.2, -0.15) is 0 Å². The Morgan fingerprint density at radius 2 is 2.00 bits per heavy atom. The molecule has 1 amide bonds. The number of nitrogens with one attached hydrogen (secondary N) is 1. The number of aryl methyl sites for hydroxylation is 1. The number of pyridine rings is 1. The van der Waals surface area contributed by atoms with Gasteiger partial charge >= 0.3 is 0 Å². The second-order valence-corrected chi connectivity index (χ2v) is 4.95. The standard InChI is InChI=1S/C15H19N3O/c1-10-9-12-7-5-6-8-13(12)17-14(10)16-11(2)15(19)18(3)4/h5-9,11H,1-4H3,(H,16,17). The van der Waals surface area contributed by atoms with Crippen molar-refractivity contribution in [3.63, 3.8) is 0 Å². The van der Waals surface area contributed by atoms with Crippen molar-refractivity contribution < 1.29 is 4.79 Å². The van der Waals surface area contributed by atoms with Crippen LogP contribution in [0.3, 0.4) is 0 Å². The number of rotatable bonds is 3. The van der Waals surface area contributed by atoms with Gasteiger partial charge in [-0.1, -0.05) is 18.2 Å². The first-order chi connectivity index (χ1) is 8.99. The predicted molar refractivity (Wildman–Crippen MR) is 78.3 cm³/mol. The molecule has 1 aromatic heterocycles. The zero-order chi connectivity index (χ0) is 14.0. The fourth-order valence-corrected chi connectivity index (χ4v) is 2.02. The molecule has 1 atom stereocenters. The van der Waals surface area contributed by atoms with E-state index in [0.717, 1.165) is 22.3 Å². The minimum absolute atomic E-state index is 0.0364. The number of carbonyl (C=O) groups is 1. The molecule has 0 bridgehead atoms. The first kappa shape index (κ1) is 13.3. The summed E-state index contributed by atoms with van der Waals surface area (Å²) in [7, 11) is 3.50. The Morgan fingerprint density at radius 1 is 1.32 bits per heavy atom. The Labute approximate surface area is 113 Å². The van der Waals surface area contributed by atoms with Crippen molar-refractivity contribution in [1.82, 2.24) is 9.88 Å². The second kappa shape index (κ2) is 5.26. The third-order valence-electron chi connectivity index (χ3n) is 3.08. The molecule has 4 nitrogen and oxygen atoms in total. The summed E-state index contributed by atoms with van der Waals surface area (Å²) >= 11 is 0. The van der Waals surface area contributed by atoms with Crippen molar-refractivity contribution in [2.45, 2.75) is 19.9 Å². The molecular formula is C15H19N3O. The van der Waals surface area contributed by atoms with E-state index < -0.39 is 0 Å². The van der Waals surface area contributed by atoms with E-state index in [0.29, 0.717) is 0 Å². The quantitative estimate of drug-likeness (QED) is 0.918. The van der Waals surface area contributed by atoms with Gasteiger partial charge in [-0.25, -0.2) is 4.98 Å². The van der Waals surface area contributed by atoms with Crippen LogP contribution in [0.4, 0.5) is 5.82 Å². The van der Waals surface area contributed by atoms with Crippen molar-refractivity contribution >= 4 is 22.6 Å². The number of aromatic nitrogens is 1. The molecule has 0 saturated heterocycles. The van der Waals surface area contributed by atoms with Gasteiger partial charge in [0, 0.05) is 19.5 Å². The van der Waals surface area contributed by atoms with Gasteiger partial charge in [-0.05, 0) is 31.5 Å². The minimum atomic E-state index is -0.289. The molecule has 0 aliphatic heterocycles. The van der Waals surface area contributed by atoms with Crippen molar-refractivity contribution in [1.29, 1.82) is 0 Å². The molecule has 1 heterocycles. The molecule has 19 heavy (non-hydrogen) atoms. The van der Waals surface area contributed by atoms with Crippen molar-refractivity contribution in [2.24, 2.45) is 0 Å². The molecular weight excluding hydrogens is 238 g/mol. The van der Waals surface area contributed by atoms with Gasteiger partial charge < -0.3 is 10.2 Å². The lowest BCUT2D eigenvalue weighted by molar-refractivity contribution is -0.129. The Balaban J connectivity index is 2.30. The smallest absolute Gasteiger partial charge is 0.244 e. The van der Waals surface area contributed by atoms with Gasteiger partial charge in [-0.3, -0.25) is 4.79 Å². The number of fused-ring (bicyclic) bond motifs is 1. The molecule has 2 rings (SSSR count). The van der Waals surface area contributed by atoms with Crippen LogP contribution in [0.1, 0.15) is 12.5 Å². The summed E-state index contributed by atoms with van der Waals surface area (Å²) in [6.07, 6.45) is 0. The molecule has 100 valence electrons. The number of hydrogen-bond donors (Lipinski definition) is 1. The summed E-state index contributed by atoms with van der Waals surface area (Å²) in [5.74, 6) is 0.802. The van der Waals surface area contributed by atoms with Crippen LogP contribution >= 0.6 is 0 Å². The number of likely N-dealkylation sites (N-methyl/N-ethyl adjacent to an activating group) is 1. The van der Waals surface area contributed by atoms with Crippen LogP contribution in [-0.2, 0) is 4.79 Å². The van der Waals surface area contributed by atoms with E-state index in [9.17, 15) is 4.79 Å². The first-order valence-electron chi connectivity index (χ1n) is 6.33. The van der Waals surface area contributed by atoms with E-state index in [4.69, 9.17) is 0 Å². The average Bonchev–Trinajstić information content (AvgIpc) is 2.38. The summed E-state index contributed by atoms with van der Waals surface area (Å²) in [5, 5.41) is 4.29. The van der Waals surface area contributed by atoms with Crippen molar-refractivity contribution in [3.05, 3.63) is 35.9 Å². The molecule has 0 spiro atoms. The predicted octanol–water partition coefficient (Wildman–Crippen LogP) is 2.43. The number of nitrogens with zero attached hydrogens (tertiary/aromatic N) is 2. The summed E-state index contributed by atoms with van der Waals surface area (Å²) in [4.78, 5) is 18.0. The van der Waals surface area contributed by atoms with E-state index in [1.165, 1.54) is 0 Å². The fraction of sp³-hybridized carbons (Fsp3) is 0.333. The highest BCUT2D eigenvalue weighted by Gasteiger charge is 2.16. The summed E-state index contributed by atoms with van der Waals surface area (Å²) in [6.45, 7) is 3.84. The number of hydrogen-bond acceptors (Lipinski definition) is 3. The number of benzene rings is 1. The van der Waals surface area contributed by atoms with Gasteiger partial charge in [0.15, 0.2) is 0 Å². The molecule has 1 unspecified atom stereocenters. The fourth-order valence-electron chi connectivity index (χ4n) is 2.02. The third kappa shape index (κ3) is 2.84. The van der Waals surface area contributed by atoms with Crippen molar-refractivity contribution in [2.75, 3.05) is 19.4 Å². The topological polar surface area (TPSA) is 45.2 Å². The Morgan fingerprint density at radius 3 is 2.68 bits per heavy atom. The Hall–Kier alpha value is -2.10. The van der Waals surface area contributed by atoms with Crippen LogP contribution in [0, 0.1) is 6.92 Å². The maximum absolute atomic E-state index is 11.9. The lowest BCUT2D eigenvalue weighted by Crippen LogP contribution is -2.37. The third-order valence-corrected chi connectivity index (χ3v) is 3.08. The molecule has 0 radical (unpaired) electrons. The van der Waals surface area contributed by atoms with Crippen LogP contribution < -0.4 is 5.32 Å². The Bertz CT molecular complexity index is 607. The largest absolute Gasteiger partial charge is 0.358 e. The minimum Gasteiger partial charge on any atom is -0.358 e. The van der Waals surface area contributed by atoms with Crippen LogP contribution in [0.15, 0.2) is 30.3 Å². The second-order valence-electron chi connectivity index (χ2n) is 4.95. The van der Waals surface area contributed by atoms with Gasteiger partial charge in [-0.15, -0.1) is 0 Å². The molecule has 2 aromatic rings. The van der Waals surface area contributed by atoms with Crippen LogP contribution in [0.2, 0.25) is 0 Å². The number of carbonyl (C=O) groups excluding carboxylic acids is 1. The maximum atomic E-state index is 11.9. The SMILES string of the molecule is Cc1cc2ccccc2nc1NC(C)C(=O)N(C)C. The van der Waals surface area contributed by atoms with Crippen molar-refractivity contribution in [3.8, 4) is 0 Å². The lowest BCUT2D eigenvalue weighted by Gasteiger charge is -2.19. The highest BCUT2D eigenvalue weighted by molar-refractivity contribution is 5.85. The summed E-state index contributed by atoms with van der Waals surface area (Å²) in [6, 6.07) is 9.75. The van der Waals surface area contributed by atoms with E-state index >= 15 is 0 Å². The summed E-state index contributed by atoms with van der Waals surface area (Å²) < 4.78 is 0. The summed E-state index contributed by atoms with van der Waals surface area (Å²) in [5.41, 5.74) is 1.97. The number of para-hydroxylation sites is 1. The average molecular weight is 257 g/mol. The zero-order valence-corrected chi connectivity index (χ0v) is 11.8.